The number of pyridine rings is 1. The van der Waals surface area contributed by atoms with Crippen molar-refractivity contribution in [3.05, 3.63) is 113 Å². The summed E-state index contributed by atoms with van der Waals surface area (Å²) in [6.45, 7) is 5.30. The van der Waals surface area contributed by atoms with Crippen LogP contribution in [0, 0.1) is 25.2 Å². The third kappa shape index (κ3) is 4.26. The molecule has 0 spiro atoms. The third-order valence-electron chi connectivity index (χ3n) is 6.13. The van der Waals surface area contributed by atoms with Gasteiger partial charge >= 0.3 is 0 Å². The smallest absolute Gasteiger partial charge is 0.148 e. The second kappa shape index (κ2) is 9.21. The van der Waals surface area contributed by atoms with Gasteiger partial charge in [-0.25, -0.2) is 4.98 Å². The van der Waals surface area contributed by atoms with Gasteiger partial charge in [0.25, 0.3) is 0 Å². The standard InChI is InChI=1S/C29H24N4O/c1-20-5-3-6-21(2)26(20)18-33-28-16-24(23-11-13-31-14-12-23)9-10-27(28)32-29(33)19-34-25-8-4-7-22(15-25)17-30/h3-16H,18-19H2,1-2H3. The van der Waals surface area contributed by atoms with Gasteiger partial charge in [-0.2, -0.15) is 5.26 Å². The van der Waals surface area contributed by atoms with Gasteiger partial charge in [-0.1, -0.05) is 30.3 Å². The van der Waals surface area contributed by atoms with E-state index in [-0.39, 0.29) is 0 Å². The summed E-state index contributed by atoms with van der Waals surface area (Å²) in [6.07, 6.45) is 3.62. The van der Waals surface area contributed by atoms with Crippen molar-refractivity contribution in [2.24, 2.45) is 0 Å². The number of nitriles is 1. The molecular formula is C29H24N4O. The van der Waals surface area contributed by atoms with Crippen molar-refractivity contribution in [2.75, 3.05) is 0 Å². The second-order valence-electron chi connectivity index (χ2n) is 8.35. The fraction of sp³-hybridized carbons (Fsp3) is 0.138. The minimum Gasteiger partial charge on any atom is -0.486 e. The van der Waals surface area contributed by atoms with Crippen LogP contribution < -0.4 is 4.74 Å². The minimum atomic E-state index is 0.305. The van der Waals surface area contributed by atoms with Crippen LogP contribution in [0.1, 0.15) is 28.1 Å². The summed E-state index contributed by atoms with van der Waals surface area (Å²) in [5, 5.41) is 9.20. The van der Waals surface area contributed by atoms with E-state index in [2.05, 4.69) is 65.9 Å². The van der Waals surface area contributed by atoms with E-state index in [0.717, 1.165) is 28.0 Å². The predicted molar refractivity (Wildman–Crippen MR) is 133 cm³/mol. The van der Waals surface area contributed by atoms with Crippen LogP contribution in [-0.2, 0) is 13.2 Å². The number of hydrogen-bond donors (Lipinski definition) is 0. The van der Waals surface area contributed by atoms with Crippen LogP contribution in [-0.4, -0.2) is 14.5 Å². The third-order valence-corrected chi connectivity index (χ3v) is 6.13. The van der Waals surface area contributed by atoms with E-state index < -0.39 is 0 Å². The number of nitrogens with zero attached hydrogens (tertiary/aromatic N) is 4. The second-order valence-corrected chi connectivity index (χ2v) is 8.35. The molecule has 0 saturated carbocycles. The number of ether oxygens (including phenoxy) is 1. The molecule has 34 heavy (non-hydrogen) atoms. The zero-order valence-corrected chi connectivity index (χ0v) is 19.2. The van der Waals surface area contributed by atoms with Crippen molar-refractivity contribution in [1.29, 1.82) is 5.26 Å². The maximum absolute atomic E-state index is 9.20. The lowest BCUT2D eigenvalue weighted by Gasteiger charge is -2.15. The molecule has 2 heterocycles. The van der Waals surface area contributed by atoms with E-state index in [1.54, 1.807) is 12.1 Å². The van der Waals surface area contributed by atoms with E-state index in [9.17, 15) is 5.26 Å². The van der Waals surface area contributed by atoms with Gasteiger partial charge in [0, 0.05) is 18.9 Å². The molecule has 166 valence electrons. The fourth-order valence-electron chi connectivity index (χ4n) is 4.24. The minimum absolute atomic E-state index is 0.305. The number of aromatic nitrogens is 3. The number of hydrogen-bond acceptors (Lipinski definition) is 4. The molecule has 0 aliphatic rings. The molecule has 0 unspecified atom stereocenters. The Hall–Kier alpha value is -4.43. The highest BCUT2D eigenvalue weighted by Crippen LogP contribution is 2.27. The van der Waals surface area contributed by atoms with Crippen LogP contribution in [0.4, 0.5) is 0 Å². The first-order chi connectivity index (χ1) is 16.6. The monoisotopic (exact) mass is 444 g/mol. The molecule has 0 bridgehead atoms. The van der Waals surface area contributed by atoms with Crippen molar-refractivity contribution < 1.29 is 4.74 Å². The van der Waals surface area contributed by atoms with Crippen LogP contribution >= 0.6 is 0 Å². The first kappa shape index (κ1) is 21.4. The Balaban J connectivity index is 1.58. The van der Waals surface area contributed by atoms with Gasteiger partial charge in [-0.05, 0) is 84.1 Å². The summed E-state index contributed by atoms with van der Waals surface area (Å²) in [5.74, 6) is 1.49. The van der Waals surface area contributed by atoms with Crippen molar-refractivity contribution in [1.82, 2.24) is 14.5 Å². The largest absolute Gasteiger partial charge is 0.486 e. The highest BCUT2D eigenvalue weighted by atomic mass is 16.5. The molecule has 0 radical (unpaired) electrons. The van der Waals surface area contributed by atoms with Crippen molar-refractivity contribution in [3.63, 3.8) is 0 Å². The molecule has 0 aliphatic heterocycles. The molecule has 5 aromatic rings. The zero-order valence-electron chi connectivity index (χ0n) is 19.2. The van der Waals surface area contributed by atoms with Crippen LogP contribution in [0.5, 0.6) is 5.75 Å². The molecule has 5 heteroatoms. The van der Waals surface area contributed by atoms with E-state index in [1.165, 1.54) is 16.7 Å². The van der Waals surface area contributed by atoms with Crippen LogP contribution in [0.2, 0.25) is 0 Å². The van der Waals surface area contributed by atoms with Crippen LogP contribution in [0.3, 0.4) is 0 Å². The summed E-state index contributed by atoms with van der Waals surface area (Å²) < 4.78 is 8.31. The van der Waals surface area contributed by atoms with E-state index >= 15 is 0 Å². The van der Waals surface area contributed by atoms with Gasteiger partial charge < -0.3 is 9.30 Å². The molecule has 2 aromatic heterocycles. The topological polar surface area (TPSA) is 63.7 Å². The predicted octanol–water partition coefficient (Wildman–Crippen LogP) is 6.21. The number of imidazole rings is 1. The Morgan fingerprint density at radius 1 is 0.882 bits per heavy atom. The van der Waals surface area contributed by atoms with E-state index in [1.807, 2.05) is 36.7 Å². The molecule has 0 fully saturated rings. The SMILES string of the molecule is Cc1cccc(C)c1Cn1c(COc2cccc(C#N)c2)nc2ccc(-c3ccncc3)cc21. The average molecular weight is 445 g/mol. The first-order valence-corrected chi connectivity index (χ1v) is 11.2. The summed E-state index contributed by atoms with van der Waals surface area (Å²) in [4.78, 5) is 9.06. The van der Waals surface area contributed by atoms with Crippen molar-refractivity contribution >= 4 is 11.0 Å². The Bertz CT molecular complexity index is 1490. The highest BCUT2D eigenvalue weighted by molar-refractivity contribution is 5.82. The highest BCUT2D eigenvalue weighted by Gasteiger charge is 2.15. The number of benzene rings is 3. The zero-order chi connectivity index (χ0) is 23.5. The Morgan fingerprint density at radius 2 is 1.65 bits per heavy atom. The fourth-order valence-corrected chi connectivity index (χ4v) is 4.24. The average Bonchev–Trinajstić information content (AvgIpc) is 3.22. The molecule has 0 saturated heterocycles. The van der Waals surface area contributed by atoms with E-state index in [0.29, 0.717) is 24.5 Å². The lowest BCUT2D eigenvalue weighted by atomic mass is 10.0. The van der Waals surface area contributed by atoms with Crippen molar-refractivity contribution in [2.45, 2.75) is 27.0 Å². The summed E-state index contributed by atoms with van der Waals surface area (Å²) in [6, 6.07) is 26.1. The molecule has 0 N–H and O–H groups in total. The van der Waals surface area contributed by atoms with Gasteiger partial charge in [-0.3, -0.25) is 4.98 Å². The van der Waals surface area contributed by atoms with E-state index in [4.69, 9.17) is 9.72 Å². The Morgan fingerprint density at radius 3 is 2.41 bits per heavy atom. The first-order valence-electron chi connectivity index (χ1n) is 11.2. The molecule has 0 atom stereocenters. The van der Waals surface area contributed by atoms with Gasteiger partial charge in [-0.15, -0.1) is 0 Å². The molecule has 5 rings (SSSR count). The van der Waals surface area contributed by atoms with Crippen LogP contribution in [0.25, 0.3) is 22.2 Å². The van der Waals surface area contributed by atoms with Crippen LogP contribution in [0.15, 0.2) is 85.2 Å². The number of rotatable bonds is 6. The lowest BCUT2D eigenvalue weighted by Crippen LogP contribution is -2.10. The van der Waals surface area contributed by atoms with Crippen molar-refractivity contribution in [3.8, 4) is 22.9 Å². The van der Waals surface area contributed by atoms with Gasteiger partial charge in [0.15, 0.2) is 0 Å². The number of aryl methyl sites for hydroxylation is 2. The Labute approximate surface area is 198 Å². The molecule has 3 aromatic carbocycles. The number of fused-ring (bicyclic) bond motifs is 1. The quantitative estimate of drug-likeness (QED) is 0.312. The summed E-state index contributed by atoms with van der Waals surface area (Å²) in [5.41, 5.74) is 8.57. The normalized spacial score (nSPS) is 10.9. The molecular weight excluding hydrogens is 420 g/mol. The molecule has 0 amide bonds. The lowest BCUT2D eigenvalue weighted by molar-refractivity contribution is 0.291. The molecule has 5 nitrogen and oxygen atoms in total. The van der Waals surface area contributed by atoms with Gasteiger partial charge in [0.1, 0.15) is 18.2 Å². The van der Waals surface area contributed by atoms with Gasteiger partial charge in [0.05, 0.1) is 22.7 Å². The Kier molecular flexibility index (Phi) is 5.80. The summed E-state index contributed by atoms with van der Waals surface area (Å²) >= 11 is 0. The molecule has 0 aliphatic carbocycles. The maximum Gasteiger partial charge on any atom is 0.148 e. The van der Waals surface area contributed by atoms with Gasteiger partial charge in [0.2, 0.25) is 0 Å². The maximum atomic E-state index is 9.20. The summed E-state index contributed by atoms with van der Waals surface area (Å²) in [7, 11) is 0.